The van der Waals surface area contributed by atoms with Crippen molar-refractivity contribution >= 4 is 33.0 Å². The lowest BCUT2D eigenvalue weighted by atomic mass is 10.1. The summed E-state index contributed by atoms with van der Waals surface area (Å²) in [4.78, 5) is 8.03. The van der Waals surface area contributed by atoms with Gasteiger partial charge in [-0.25, -0.2) is 18.4 Å². The molecule has 0 spiro atoms. The molecule has 3 rings (SSSR count). The smallest absolute Gasteiger partial charge is 0.316 e. The number of aromatic nitrogens is 2. The summed E-state index contributed by atoms with van der Waals surface area (Å²) in [7, 11) is -3.46. The molecule has 6 nitrogen and oxygen atoms in total. The third kappa shape index (κ3) is 3.40. The van der Waals surface area contributed by atoms with E-state index in [1.807, 2.05) is 0 Å². The van der Waals surface area contributed by atoms with E-state index in [9.17, 15) is 8.42 Å². The van der Waals surface area contributed by atoms with Gasteiger partial charge in [0.25, 0.3) is 10.0 Å². The fraction of sp³-hybridized carbons (Fsp3) is 0.385. The number of sulfonamides is 1. The molecule has 1 fully saturated rings. The highest BCUT2D eigenvalue weighted by Crippen LogP contribution is 2.29. The first-order valence-electron chi connectivity index (χ1n) is 6.75. The maximum Gasteiger partial charge on any atom is 0.316 e. The highest BCUT2D eigenvalue weighted by atomic mass is 35.5. The van der Waals surface area contributed by atoms with Crippen LogP contribution >= 0.6 is 22.9 Å². The second-order valence-electron chi connectivity index (χ2n) is 4.81. The number of thiophene rings is 1. The summed E-state index contributed by atoms with van der Waals surface area (Å²) < 4.78 is 32.8. The lowest BCUT2D eigenvalue weighted by Crippen LogP contribution is -2.41. The highest BCUT2D eigenvalue weighted by molar-refractivity contribution is 7.91. The molecule has 0 aromatic carbocycles. The van der Waals surface area contributed by atoms with Crippen molar-refractivity contribution in [3.63, 3.8) is 0 Å². The predicted octanol–water partition coefficient (Wildman–Crippen LogP) is 2.42. The van der Waals surface area contributed by atoms with Crippen molar-refractivity contribution in [2.75, 3.05) is 13.1 Å². The van der Waals surface area contributed by atoms with E-state index in [0.717, 1.165) is 11.3 Å². The quantitative estimate of drug-likeness (QED) is 0.838. The maximum atomic E-state index is 12.5. The number of hydrogen-bond acceptors (Lipinski definition) is 6. The molecule has 0 N–H and O–H groups in total. The summed E-state index contributed by atoms with van der Waals surface area (Å²) in [5.41, 5.74) is 0. The van der Waals surface area contributed by atoms with E-state index in [2.05, 4.69) is 9.97 Å². The Morgan fingerprint density at radius 2 is 1.91 bits per heavy atom. The normalized spacial score (nSPS) is 17.5. The van der Waals surface area contributed by atoms with E-state index in [4.69, 9.17) is 16.3 Å². The van der Waals surface area contributed by atoms with Gasteiger partial charge in [0.15, 0.2) is 0 Å². The lowest BCUT2D eigenvalue weighted by molar-refractivity contribution is 0.124. The summed E-state index contributed by atoms with van der Waals surface area (Å²) in [6.07, 6.45) is 4.37. The molecule has 22 heavy (non-hydrogen) atoms. The molecule has 0 unspecified atom stereocenters. The minimum Gasteiger partial charge on any atom is -0.460 e. The largest absolute Gasteiger partial charge is 0.460 e. The van der Waals surface area contributed by atoms with Crippen LogP contribution in [0.25, 0.3) is 0 Å². The van der Waals surface area contributed by atoms with Crippen molar-refractivity contribution < 1.29 is 13.2 Å². The number of rotatable bonds is 4. The van der Waals surface area contributed by atoms with Crippen LogP contribution in [0, 0.1) is 0 Å². The first kappa shape index (κ1) is 15.7. The minimum absolute atomic E-state index is 0.0687. The first-order valence-corrected chi connectivity index (χ1v) is 9.38. The molecule has 1 saturated heterocycles. The van der Waals surface area contributed by atoms with E-state index >= 15 is 0 Å². The van der Waals surface area contributed by atoms with Crippen molar-refractivity contribution in [1.82, 2.24) is 14.3 Å². The van der Waals surface area contributed by atoms with E-state index in [-0.39, 0.29) is 10.3 Å². The second kappa shape index (κ2) is 6.49. The van der Waals surface area contributed by atoms with Crippen LogP contribution in [0.2, 0.25) is 4.34 Å². The summed E-state index contributed by atoms with van der Waals surface area (Å²) >= 11 is 6.90. The van der Waals surface area contributed by atoms with Crippen molar-refractivity contribution in [3.05, 3.63) is 34.9 Å². The Morgan fingerprint density at radius 1 is 1.23 bits per heavy atom. The van der Waals surface area contributed by atoms with Crippen LogP contribution in [0.15, 0.2) is 34.8 Å². The zero-order chi connectivity index (χ0) is 15.6. The average molecular weight is 360 g/mol. The Bertz CT molecular complexity index is 728. The van der Waals surface area contributed by atoms with Crippen LogP contribution in [0.4, 0.5) is 0 Å². The Morgan fingerprint density at radius 3 is 2.50 bits per heavy atom. The molecule has 0 radical (unpaired) electrons. The standard InChI is InChI=1S/C13H14ClN3O3S2/c14-11-2-3-12(21-11)22(18,19)17-8-4-10(5-9-17)20-13-15-6-1-7-16-13/h1-3,6-7,10H,4-5,8-9H2. The van der Waals surface area contributed by atoms with Gasteiger partial charge in [-0.1, -0.05) is 11.6 Å². The van der Waals surface area contributed by atoms with E-state index in [1.54, 1.807) is 30.6 Å². The monoisotopic (exact) mass is 359 g/mol. The molecule has 3 heterocycles. The average Bonchev–Trinajstić information content (AvgIpc) is 2.96. The summed E-state index contributed by atoms with van der Waals surface area (Å²) in [5.74, 6) is 0. The maximum absolute atomic E-state index is 12.5. The van der Waals surface area contributed by atoms with Gasteiger partial charge < -0.3 is 4.74 Å². The van der Waals surface area contributed by atoms with Crippen LogP contribution in [0.1, 0.15) is 12.8 Å². The zero-order valence-corrected chi connectivity index (χ0v) is 13.9. The van der Waals surface area contributed by atoms with Gasteiger partial charge in [-0.15, -0.1) is 11.3 Å². The number of piperidine rings is 1. The topological polar surface area (TPSA) is 72.4 Å². The van der Waals surface area contributed by atoms with E-state index in [0.29, 0.717) is 36.3 Å². The fourth-order valence-corrected chi connectivity index (χ4v) is 5.36. The molecule has 0 bridgehead atoms. The Balaban J connectivity index is 1.62. The molecule has 0 atom stereocenters. The van der Waals surface area contributed by atoms with Crippen LogP contribution in [0.5, 0.6) is 6.01 Å². The number of hydrogen-bond donors (Lipinski definition) is 0. The summed E-state index contributed by atoms with van der Waals surface area (Å²) in [6.45, 7) is 0.824. The molecule has 0 aliphatic carbocycles. The van der Waals surface area contributed by atoms with E-state index in [1.165, 1.54) is 4.31 Å². The Hall–Kier alpha value is -1.22. The van der Waals surface area contributed by atoms with Gasteiger partial charge in [0.1, 0.15) is 10.3 Å². The van der Waals surface area contributed by atoms with Crippen LogP contribution < -0.4 is 4.74 Å². The van der Waals surface area contributed by atoms with Crippen LogP contribution in [-0.4, -0.2) is 41.9 Å². The zero-order valence-electron chi connectivity index (χ0n) is 11.6. The van der Waals surface area contributed by atoms with Crippen LogP contribution in [-0.2, 0) is 10.0 Å². The van der Waals surface area contributed by atoms with Gasteiger partial charge in [-0.2, -0.15) is 4.31 Å². The van der Waals surface area contributed by atoms with Gasteiger partial charge in [-0.3, -0.25) is 0 Å². The number of halogens is 1. The van der Waals surface area contributed by atoms with Gasteiger partial charge in [0.2, 0.25) is 0 Å². The van der Waals surface area contributed by atoms with Crippen molar-refractivity contribution in [1.29, 1.82) is 0 Å². The Kier molecular flexibility index (Phi) is 4.62. The van der Waals surface area contributed by atoms with Gasteiger partial charge in [0, 0.05) is 25.5 Å². The predicted molar refractivity (Wildman–Crippen MR) is 83.8 cm³/mol. The SMILES string of the molecule is O=S(=O)(c1ccc(Cl)s1)N1CCC(Oc2ncccn2)CC1. The molecule has 1 aliphatic rings. The van der Waals surface area contributed by atoms with Crippen molar-refractivity contribution in [2.24, 2.45) is 0 Å². The molecule has 2 aromatic rings. The molecule has 2 aromatic heterocycles. The highest BCUT2D eigenvalue weighted by Gasteiger charge is 2.31. The molecule has 9 heteroatoms. The fourth-order valence-electron chi connectivity index (χ4n) is 2.25. The van der Waals surface area contributed by atoms with Crippen molar-refractivity contribution in [3.8, 4) is 6.01 Å². The molecule has 0 amide bonds. The van der Waals surface area contributed by atoms with E-state index < -0.39 is 10.0 Å². The van der Waals surface area contributed by atoms with Gasteiger partial charge >= 0.3 is 6.01 Å². The number of nitrogens with zero attached hydrogens (tertiary/aromatic N) is 3. The third-order valence-corrected chi connectivity index (χ3v) is 6.96. The van der Waals surface area contributed by atoms with Gasteiger partial charge in [0.05, 0.1) is 4.34 Å². The number of ether oxygens (including phenoxy) is 1. The first-order chi connectivity index (χ1) is 10.6. The van der Waals surface area contributed by atoms with Gasteiger partial charge in [-0.05, 0) is 31.0 Å². The third-order valence-electron chi connectivity index (χ3n) is 3.36. The second-order valence-corrected chi connectivity index (χ2v) is 8.69. The molecular weight excluding hydrogens is 346 g/mol. The summed E-state index contributed by atoms with van der Waals surface area (Å²) in [5, 5.41) is 0. The molecule has 0 saturated carbocycles. The lowest BCUT2D eigenvalue weighted by Gasteiger charge is -2.30. The summed E-state index contributed by atoms with van der Waals surface area (Å²) in [6, 6.07) is 5.19. The Labute approximate surface area is 137 Å². The van der Waals surface area contributed by atoms with Crippen LogP contribution in [0.3, 0.4) is 0 Å². The molecule has 1 aliphatic heterocycles. The van der Waals surface area contributed by atoms with Crippen molar-refractivity contribution in [2.45, 2.75) is 23.2 Å². The molecule has 118 valence electrons. The minimum atomic E-state index is -3.46. The molecular formula is C13H14ClN3O3S2.